The van der Waals surface area contributed by atoms with Crippen molar-refractivity contribution in [3.05, 3.63) is 29.8 Å². The zero-order valence-corrected chi connectivity index (χ0v) is 10.9. The van der Waals surface area contributed by atoms with Crippen molar-refractivity contribution in [2.24, 2.45) is 0 Å². The van der Waals surface area contributed by atoms with Crippen LogP contribution in [0.4, 0.5) is 5.69 Å². The zero-order chi connectivity index (χ0) is 12.8. The summed E-state index contributed by atoms with van der Waals surface area (Å²) in [7, 11) is 0. The standard InChI is InChI=1S/C14H21N3O/c1-2-15-10-12-6-3-4-7-13(12)17-9-5-8-16-14(18)11-17/h3-4,6-7,15H,2,5,8-11H2,1H3,(H,16,18). The molecule has 1 heterocycles. The Morgan fingerprint density at radius 1 is 1.39 bits per heavy atom. The molecule has 2 N–H and O–H groups in total. The molecular weight excluding hydrogens is 226 g/mol. The maximum atomic E-state index is 11.6. The number of amides is 1. The summed E-state index contributed by atoms with van der Waals surface area (Å²) in [6.45, 7) is 6.08. The van der Waals surface area contributed by atoms with Crippen LogP contribution in [-0.2, 0) is 11.3 Å². The summed E-state index contributed by atoms with van der Waals surface area (Å²) >= 11 is 0. The summed E-state index contributed by atoms with van der Waals surface area (Å²) in [5.74, 6) is 0.116. The fourth-order valence-electron chi connectivity index (χ4n) is 2.24. The minimum atomic E-state index is 0.116. The molecule has 0 atom stereocenters. The second-order valence-corrected chi connectivity index (χ2v) is 4.53. The van der Waals surface area contributed by atoms with Gasteiger partial charge in [0.25, 0.3) is 0 Å². The van der Waals surface area contributed by atoms with Crippen LogP contribution in [-0.4, -0.2) is 32.1 Å². The van der Waals surface area contributed by atoms with Crippen LogP contribution < -0.4 is 15.5 Å². The third kappa shape index (κ3) is 3.23. The van der Waals surface area contributed by atoms with Crippen molar-refractivity contribution in [2.75, 3.05) is 31.1 Å². The summed E-state index contributed by atoms with van der Waals surface area (Å²) in [6.07, 6.45) is 1.00. The molecule has 1 saturated heterocycles. The Kier molecular flexibility index (Phi) is 4.59. The van der Waals surface area contributed by atoms with E-state index in [1.165, 1.54) is 11.3 Å². The average Bonchev–Trinajstić information content (AvgIpc) is 2.61. The second-order valence-electron chi connectivity index (χ2n) is 4.53. The van der Waals surface area contributed by atoms with E-state index in [2.05, 4.69) is 34.6 Å². The number of anilines is 1. The van der Waals surface area contributed by atoms with Gasteiger partial charge in [-0.05, 0) is 24.6 Å². The number of hydrogen-bond acceptors (Lipinski definition) is 3. The zero-order valence-electron chi connectivity index (χ0n) is 10.9. The molecule has 1 aliphatic rings. The van der Waals surface area contributed by atoms with E-state index in [0.29, 0.717) is 6.54 Å². The van der Waals surface area contributed by atoms with Gasteiger partial charge in [0.05, 0.1) is 6.54 Å². The molecule has 0 bridgehead atoms. The van der Waals surface area contributed by atoms with E-state index in [0.717, 1.165) is 32.6 Å². The fourth-order valence-corrected chi connectivity index (χ4v) is 2.24. The third-order valence-corrected chi connectivity index (χ3v) is 3.16. The molecule has 18 heavy (non-hydrogen) atoms. The van der Waals surface area contributed by atoms with Crippen LogP contribution in [0.25, 0.3) is 0 Å². The van der Waals surface area contributed by atoms with Gasteiger partial charge in [-0.1, -0.05) is 25.1 Å². The van der Waals surface area contributed by atoms with Crippen molar-refractivity contribution >= 4 is 11.6 Å². The van der Waals surface area contributed by atoms with E-state index >= 15 is 0 Å². The summed E-state index contributed by atoms with van der Waals surface area (Å²) in [6, 6.07) is 8.31. The van der Waals surface area contributed by atoms with E-state index in [9.17, 15) is 4.79 Å². The first kappa shape index (κ1) is 12.9. The van der Waals surface area contributed by atoms with Gasteiger partial charge in [-0.25, -0.2) is 0 Å². The van der Waals surface area contributed by atoms with Gasteiger partial charge >= 0.3 is 0 Å². The van der Waals surface area contributed by atoms with Crippen LogP contribution in [0.1, 0.15) is 18.9 Å². The molecule has 98 valence electrons. The van der Waals surface area contributed by atoms with Crippen molar-refractivity contribution in [3.63, 3.8) is 0 Å². The van der Waals surface area contributed by atoms with Crippen molar-refractivity contribution in [3.8, 4) is 0 Å². The molecule has 4 heteroatoms. The maximum absolute atomic E-state index is 11.6. The minimum Gasteiger partial charge on any atom is -0.362 e. The van der Waals surface area contributed by atoms with Crippen molar-refractivity contribution < 1.29 is 4.79 Å². The molecule has 1 amide bonds. The van der Waals surface area contributed by atoms with Gasteiger partial charge in [0.15, 0.2) is 0 Å². The lowest BCUT2D eigenvalue weighted by Gasteiger charge is -2.24. The second kappa shape index (κ2) is 6.40. The number of carbonyl (C=O) groups excluding carboxylic acids is 1. The van der Waals surface area contributed by atoms with Crippen LogP contribution >= 0.6 is 0 Å². The molecule has 0 aliphatic carbocycles. The monoisotopic (exact) mass is 247 g/mol. The normalized spacial score (nSPS) is 16.3. The van der Waals surface area contributed by atoms with Gasteiger partial charge in [0.1, 0.15) is 0 Å². The van der Waals surface area contributed by atoms with Gasteiger partial charge in [-0.2, -0.15) is 0 Å². The highest BCUT2D eigenvalue weighted by atomic mass is 16.2. The van der Waals surface area contributed by atoms with Crippen LogP contribution in [0.3, 0.4) is 0 Å². The number of rotatable bonds is 4. The maximum Gasteiger partial charge on any atom is 0.239 e. The van der Waals surface area contributed by atoms with Crippen LogP contribution in [0.15, 0.2) is 24.3 Å². The molecule has 0 saturated carbocycles. The molecule has 0 radical (unpaired) electrons. The summed E-state index contributed by atoms with van der Waals surface area (Å²) in [5, 5.41) is 6.25. The summed E-state index contributed by atoms with van der Waals surface area (Å²) in [5.41, 5.74) is 2.43. The summed E-state index contributed by atoms with van der Waals surface area (Å²) < 4.78 is 0. The average molecular weight is 247 g/mol. The van der Waals surface area contributed by atoms with Gasteiger partial charge < -0.3 is 15.5 Å². The first-order valence-electron chi connectivity index (χ1n) is 6.61. The van der Waals surface area contributed by atoms with E-state index in [-0.39, 0.29) is 5.91 Å². The Morgan fingerprint density at radius 3 is 3.06 bits per heavy atom. The predicted octanol–water partition coefficient (Wildman–Crippen LogP) is 1.12. The smallest absolute Gasteiger partial charge is 0.239 e. The Morgan fingerprint density at radius 2 is 2.22 bits per heavy atom. The van der Waals surface area contributed by atoms with E-state index in [4.69, 9.17) is 0 Å². The van der Waals surface area contributed by atoms with Gasteiger partial charge in [-0.3, -0.25) is 4.79 Å². The molecule has 1 fully saturated rings. The molecule has 1 aromatic carbocycles. The van der Waals surface area contributed by atoms with Crippen LogP contribution in [0.5, 0.6) is 0 Å². The van der Waals surface area contributed by atoms with Crippen molar-refractivity contribution in [1.82, 2.24) is 10.6 Å². The number of nitrogens with one attached hydrogen (secondary N) is 2. The molecule has 1 aliphatic heterocycles. The van der Waals surface area contributed by atoms with Gasteiger partial charge in [0.2, 0.25) is 5.91 Å². The lowest BCUT2D eigenvalue weighted by Crippen LogP contribution is -2.33. The van der Waals surface area contributed by atoms with E-state index in [1.54, 1.807) is 0 Å². The number of nitrogens with zero attached hydrogens (tertiary/aromatic N) is 1. The van der Waals surface area contributed by atoms with E-state index in [1.807, 2.05) is 12.1 Å². The van der Waals surface area contributed by atoms with Gasteiger partial charge in [0, 0.05) is 25.3 Å². The number of carbonyl (C=O) groups is 1. The lowest BCUT2D eigenvalue weighted by atomic mass is 10.1. The Hall–Kier alpha value is -1.55. The highest BCUT2D eigenvalue weighted by molar-refractivity contribution is 5.82. The van der Waals surface area contributed by atoms with Gasteiger partial charge in [-0.15, -0.1) is 0 Å². The number of benzene rings is 1. The highest BCUT2D eigenvalue weighted by Gasteiger charge is 2.16. The molecule has 2 rings (SSSR count). The highest BCUT2D eigenvalue weighted by Crippen LogP contribution is 2.21. The van der Waals surface area contributed by atoms with Crippen LogP contribution in [0.2, 0.25) is 0 Å². The first-order chi connectivity index (χ1) is 8.81. The molecule has 0 aromatic heterocycles. The van der Waals surface area contributed by atoms with Crippen molar-refractivity contribution in [1.29, 1.82) is 0 Å². The Bertz CT molecular complexity index is 406. The number of para-hydroxylation sites is 1. The molecule has 0 unspecified atom stereocenters. The Balaban J connectivity index is 2.17. The molecule has 0 spiro atoms. The SMILES string of the molecule is CCNCc1ccccc1N1CCCNC(=O)C1. The topological polar surface area (TPSA) is 44.4 Å². The van der Waals surface area contributed by atoms with Crippen LogP contribution in [0, 0.1) is 0 Å². The first-order valence-corrected chi connectivity index (χ1v) is 6.61. The molecular formula is C14H21N3O. The lowest BCUT2D eigenvalue weighted by molar-refractivity contribution is -0.119. The van der Waals surface area contributed by atoms with Crippen molar-refractivity contribution in [2.45, 2.75) is 19.9 Å². The fraction of sp³-hybridized carbons (Fsp3) is 0.500. The number of hydrogen-bond donors (Lipinski definition) is 2. The van der Waals surface area contributed by atoms with E-state index < -0.39 is 0 Å². The molecule has 1 aromatic rings. The quantitative estimate of drug-likeness (QED) is 0.838. The molecule has 4 nitrogen and oxygen atoms in total. The third-order valence-electron chi connectivity index (χ3n) is 3.16. The Labute approximate surface area is 108 Å². The minimum absolute atomic E-state index is 0.116. The predicted molar refractivity (Wildman–Crippen MR) is 73.7 cm³/mol. The largest absolute Gasteiger partial charge is 0.362 e. The summed E-state index contributed by atoms with van der Waals surface area (Å²) in [4.78, 5) is 13.8.